The molecule has 0 saturated heterocycles. The summed E-state index contributed by atoms with van der Waals surface area (Å²) >= 11 is 6.40. The summed E-state index contributed by atoms with van der Waals surface area (Å²) in [5, 5.41) is 9.84. The lowest BCUT2D eigenvalue weighted by Crippen LogP contribution is -2.22. The molecule has 0 spiro atoms. The number of hydrogen-bond donors (Lipinski definition) is 1. The zero-order valence-electron chi connectivity index (χ0n) is 17.8. The fraction of sp³-hybridized carbons (Fsp3) is 0.259. The van der Waals surface area contributed by atoms with Crippen molar-refractivity contribution in [1.29, 1.82) is 0 Å². The molecule has 0 unspecified atom stereocenters. The Morgan fingerprint density at radius 3 is 2.59 bits per heavy atom. The van der Waals surface area contributed by atoms with E-state index < -0.39 is 11.4 Å². The van der Waals surface area contributed by atoms with Crippen LogP contribution in [0.5, 0.6) is 5.75 Å². The van der Waals surface area contributed by atoms with E-state index in [1.54, 1.807) is 12.1 Å². The van der Waals surface area contributed by atoms with Crippen molar-refractivity contribution in [2.24, 2.45) is 0 Å². The van der Waals surface area contributed by atoms with Gasteiger partial charge < -0.3 is 9.84 Å². The predicted octanol–water partition coefficient (Wildman–Crippen LogP) is 5.79. The number of carboxylic acid groups (broad SMARTS) is 1. The second kappa shape index (κ2) is 7.79. The van der Waals surface area contributed by atoms with Crippen LogP contribution >= 0.6 is 11.6 Å². The van der Waals surface area contributed by atoms with Gasteiger partial charge in [-0.3, -0.25) is 4.79 Å². The van der Waals surface area contributed by atoms with Gasteiger partial charge in [-0.15, -0.1) is 0 Å². The molecule has 162 valence electrons. The van der Waals surface area contributed by atoms with Crippen molar-refractivity contribution in [1.82, 2.24) is 0 Å². The number of ether oxygens (including phenoxy) is 1. The number of carboxylic acids is 1. The van der Waals surface area contributed by atoms with Crippen LogP contribution in [0.3, 0.4) is 0 Å². The minimum Gasteiger partial charge on any atom is -0.493 e. The third-order valence-electron chi connectivity index (χ3n) is 6.70. The van der Waals surface area contributed by atoms with Crippen molar-refractivity contribution in [3.63, 3.8) is 0 Å². The normalized spacial score (nSPS) is 15.7. The van der Waals surface area contributed by atoms with Gasteiger partial charge in [0.25, 0.3) is 0 Å². The summed E-state index contributed by atoms with van der Waals surface area (Å²) in [5.74, 6) is 0.152. The molecule has 2 aliphatic rings. The number of halogens is 1. The van der Waals surface area contributed by atoms with E-state index in [1.807, 2.05) is 37.3 Å². The van der Waals surface area contributed by atoms with Crippen LogP contribution in [0.25, 0.3) is 11.1 Å². The lowest BCUT2D eigenvalue weighted by Gasteiger charge is -2.17. The summed E-state index contributed by atoms with van der Waals surface area (Å²) in [4.78, 5) is 24.8. The van der Waals surface area contributed by atoms with Gasteiger partial charge in [0.2, 0.25) is 0 Å². The molecule has 1 fully saturated rings. The lowest BCUT2D eigenvalue weighted by atomic mass is 9.86. The standard InChI is InChI=1S/C27H23ClO4/c1-16-2-3-17(12-21(16)22-15-19(26(30)31)4-6-23(22)28)13-25(29)27(9-10-27)20-5-7-24-18(14-20)8-11-32-24/h2-7,12,14-15H,8-11,13H2,1H3,(H,30,31). The summed E-state index contributed by atoms with van der Waals surface area (Å²) in [6.45, 7) is 2.66. The molecule has 3 aromatic carbocycles. The lowest BCUT2D eigenvalue weighted by molar-refractivity contribution is -0.120. The maximum atomic E-state index is 13.4. The number of benzene rings is 3. The maximum Gasteiger partial charge on any atom is 0.335 e. The third kappa shape index (κ3) is 3.59. The molecule has 1 heterocycles. The maximum absolute atomic E-state index is 13.4. The highest BCUT2D eigenvalue weighted by Gasteiger charge is 2.50. The van der Waals surface area contributed by atoms with Crippen LogP contribution in [0.1, 0.15) is 45.5 Å². The van der Waals surface area contributed by atoms with Crippen molar-refractivity contribution < 1.29 is 19.4 Å². The van der Waals surface area contributed by atoms with Gasteiger partial charge >= 0.3 is 5.97 Å². The summed E-state index contributed by atoms with van der Waals surface area (Å²) in [7, 11) is 0. The molecule has 0 radical (unpaired) electrons. The summed E-state index contributed by atoms with van der Waals surface area (Å²) in [6, 6.07) is 16.8. The van der Waals surface area contributed by atoms with Crippen LogP contribution in [-0.4, -0.2) is 23.5 Å². The monoisotopic (exact) mass is 446 g/mol. The Labute approximate surface area is 191 Å². The first-order valence-electron chi connectivity index (χ1n) is 10.8. The molecule has 0 amide bonds. The number of Topliss-reactive ketones (excluding diaryl/α,β-unsaturated/α-hetero) is 1. The Kier molecular flexibility index (Phi) is 5.06. The van der Waals surface area contributed by atoms with Crippen molar-refractivity contribution in [3.8, 4) is 16.9 Å². The van der Waals surface area contributed by atoms with Crippen molar-refractivity contribution >= 4 is 23.4 Å². The molecule has 4 nitrogen and oxygen atoms in total. The first-order chi connectivity index (χ1) is 15.4. The Balaban J connectivity index is 1.44. The minimum atomic E-state index is -0.998. The van der Waals surface area contributed by atoms with Crippen LogP contribution in [0.15, 0.2) is 54.6 Å². The molecule has 1 N–H and O–H groups in total. The Hall–Kier alpha value is -3.11. The number of aromatic carboxylic acids is 1. The Bertz CT molecular complexity index is 1260. The molecular weight excluding hydrogens is 424 g/mol. The number of rotatable bonds is 6. The van der Waals surface area contributed by atoms with E-state index in [0.29, 0.717) is 23.6 Å². The molecule has 1 aliphatic heterocycles. The third-order valence-corrected chi connectivity index (χ3v) is 7.03. The SMILES string of the molecule is Cc1ccc(CC(=O)C2(c3ccc4c(c3)CCO4)CC2)cc1-c1cc(C(=O)O)ccc1Cl. The number of aryl methyl sites for hydroxylation is 1. The molecule has 5 heteroatoms. The number of carbonyl (C=O) groups excluding carboxylic acids is 1. The van der Waals surface area contributed by atoms with E-state index in [0.717, 1.165) is 47.3 Å². The second-order valence-corrected chi connectivity index (χ2v) is 9.16. The van der Waals surface area contributed by atoms with E-state index >= 15 is 0 Å². The average molecular weight is 447 g/mol. The van der Waals surface area contributed by atoms with Crippen LogP contribution in [0.2, 0.25) is 5.02 Å². The summed E-state index contributed by atoms with van der Waals surface area (Å²) < 4.78 is 5.61. The average Bonchev–Trinajstić information content (AvgIpc) is 3.46. The predicted molar refractivity (Wildman–Crippen MR) is 124 cm³/mol. The van der Waals surface area contributed by atoms with Gasteiger partial charge in [0.1, 0.15) is 11.5 Å². The fourth-order valence-electron chi connectivity index (χ4n) is 4.63. The van der Waals surface area contributed by atoms with Crippen molar-refractivity contribution in [2.45, 2.75) is 38.0 Å². The Morgan fingerprint density at radius 2 is 1.84 bits per heavy atom. The molecule has 0 aromatic heterocycles. The van der Waals surface area contributed by atoms with Crippen LogP contribution in [0, 0.1) is 6.92 Å². The largest absolute Gasteiger partial charge is 0.493 e. The highest BCUT2D eigenvalue weighted by atomic mass is 35.5. The molecule has 1 aliphatic carbocycles. The van der Waals surface area contributed by atoms with Crippen molar-refractivity contribution in [2.75, 3.05) is 6.61 Å². The van der Waals surface area contributed by atoms with Gasteiger partial charge in [-0.1, -0.05) is 41.9 Å². The Morgan fingerprint density at radius 1 is 1.03 bits per heavy atom. The van der Waals surface area contributed by atoms with E-state index in [9.17, 15) is 14.7 Å². The number of carbonyl (C=O) groups is 2. The van der Waals surface area contributed by atoms with Gasteiger partial charge in [-0.2, -0.15) is 0 Å². The minimum absolute atomic E-state index is 0.183. The highest BCUT2D eigenvalue weighted by molar-refractivity contribution is 6.33. The highest BCUT2D eigenvalue weighted by Crippen LogP contribution is 2.50. The van der Waals surface area contributed by atoms with E-state index in [1.165, 1.54) is 11.6 Å². The smallest absolute Gasteiger partial charge is 0.335 e. The molecule has 5 rings (SSSR count). The van der Waals surface area contributed by atoms with E-state index in [-0.39, 0.29) is 11.3 Å². The van der Waals surface area contributed by atoms with Crippen LogP contribution in [-0.2, 0) is 23.1 Å². The quantitative estimate of drug-likeness (QED) is 0.520. The molecule has 32 heavy (non-hydrogen) atoms. The van der Waals surface area contributed by atoms with Crippen molar-refractivity contribution in [3.05, 3.63) is 87.4 Å². The molecule has 3 aromatic rings. The number of hydrogen-bond acceptors (Lipinski definition) is 3. The molecular formula is C27H23ClO4. The fourth-order valence-corrected chi connectivity index (χ4v) is 4.85. The summed E-state index contributed by atoms with van der Waals surface area (Å²) in [6.07, 6.45) is 2.97. The first-order valence-corrected chi connectivity index (χ1v) is 11.2. The van der Waals surface area contributed by atoms with E-state index in [2.05, 4.69) is 6.07 Å². The van der Waals surface area contributed by atoms with Gasteiger partial charge in [0.15, 0.2) is 0 Å². The summed E-state index contributed by atoms with van der Waals surface area (Å²) in [5.41, 5.74) is 5.46. The van der Waals surface area contributed by atoms with Gasteiger partial charge in [-0.05, 0) is 71.8 Å². The number of fused-ring (bicyclic) bond motifs is 1. The van der Waals surface area contributed by atoms with E-state index in [4.69, 9.17) is 16.3 Å². The molecule has 1 saturated carbocycles. The van der Waals surface area contributed by atoms with Crippen LogP contribution < -0.4 is 4.74 Å². The molecule has 0 bridgehead atoms. The first kappa shape index (κ1) is 20.8. The van der Waals surface area contributed by atoms with Gasteiger partial charge in [0, 0.05) is 23.4 Å². The molecule has 0 atom stereocenters. The second-order valence-electron chi connectivity index (χ2n) is 8.75. The van der Waals surface area contributed by atoms with Crippen LogP contribution in [0.4, 0.5) is 0 Å². The number of ketones is 1. The zero-order chi connectivity index (χ0) is 22.5. The van der Waals surface area contributed by atoms with Gasteiger partial charge in [0.05, 0.1) is 17.6 Å². The topological polar surface area (TPSA) is 63.6 Å². The van der Waals surface area contributed by atoms with Gasteiger partial charge in [-0.25, -0.2) is 4.79 Å². The zero-order valence-corrected chi connectivity index (χ0v) is 18.5.